The van der Waals surface area contributed by atoms with E-state index in [0.717, 1.165) is 53.8 Å². The molecule has 0 unspecified atom stereocenters. The zero-order valence-corrected chi connectivity index (χ0v) is 21.4. The third-order valence-electron chi connectivity index (χ3n) is 6.35. The molecule has 1 aromatic carbocycles. The number of H-pyrrole nitrogens is 1. The third kappa shape index (κ3) is 5.13. The van der Waals surface area contributed by atoms with E-state index in [0.29, 0.717) is 24.2 Å². The van der Waals surface area contributed by atoms with Gasteiger partial charge in [-0.05, 0) is 46.7 Å². The molecule has 10 nitrogen and oxygen atoms in total. The Morgan fingerprint density at radius 1 is 1.05 bits per heavy atom. The van der Waals surface area contributed by atoms with E-state index in [1.807, 2.05) is 58.1 Å². The molecule has 0 bridgehead atoms. The predicted octanol–water partition coefficient (Wildman–Crippen LogP) is 4.12. The van der Waals surface area contributed by atoms with Gasteiger partial charge in [0.15, 0.2) is 0 Å². The van der Waals surface area contributed by atoms with Gasteiger partial charge in [0.1, 0.15) is 0 Å². The zero-order chi connectivity index (χ0) is 25.8. The summed E-state index contributed by atoms with van der Waals surface area (Å²) in [5, 5.41) is 14.2. The molecule has 0 aliphatic carbocycles. The minimum atomic E-state index is -0.0930. The van der Waals surface area contributed by atoms with Gasteiger partial charge in [-0.15, -0.1) is 10.2 Å². The largest absolute Gasteiger partial charge is 0.335 e. The minimum Gasteiger partial charge on any atom is -0.316 e. The summed E-state index contributed by atoms with van der Waals surface area (Å²) >= 11 is 0. The number of pyridine rings is 1. The van der Waals surface area contributed by atoms with Crippen molar-refractivity contribution in [2.45, 2.75) is 53.1 Å². The van der Waals surface area contributed by atoms with Crippen LogP contribution in [0.15, 0.2) is 66.1 Å². The summed E-state index contributed by atoms with van der Waals surface area (Å²) in [6.07, 6.45) is 12.1. The molecule has 0 aliphatic rings. The molecule has 0 radical (unpaired) electrons. The molecular formula is C27H31N9O. The average Bonchev–Trinajstić information content (AvgIpc) is 3.65. The van der Waals surface area contributed by atoms with Crippen molar-refractivity contribution in [3.63, 3.8) is 0 Å². The Balaban J connectivity index is 1.52. The second kappa shape index (κ2) is 10.7. The number of nitrogens with one attached hydrogen (secondary N) is 1. The number of aromatic nitrogens is 9. The van der Waals surface area contributed by atoms with E-state index in [9.17, 15) is 4.79 Å². The van der Waals surface area contributed by atoms with E-state index >= 15 is 0 Å². The van der Waals surface area contributed by atoms with Crippen LogP contribution in [-0.4, -0.2) is 44.3 Å². The van der Waals surface area contributed by atoms with Crippen molar-refractivity contribution in [3.05, 3.63) is 83.1 Å². The molecule has 10 heteroatoms. The standard InChI is InChI=1S/C27H31N9O/c1-4-5-6-23-18-36(26-29-13-14-34(26)16-19(2)3)27(37)35(23)17-22-15-28-12-11-24(22)20-7-9-21(10-8-20)25-30-32-33-31-25/h7-15,18-19H,4-6,16-17H2,1-3H3,(H,30,31,32,33). The zero-order valence-electron chi connectivity index (χ0n) is 21.4. The highest BCUT2D eigenvalue weighted by Crippen LogP contribution is 2.26. The molecule has 4 heterocycles. The number of nitrogens with zero attached hydrogens (tertiary/aromatic N) is 8. The van der Waals surface area contributed by atoms with Crippen molar-refractivity contribution in [1.82, 2.24) is 44.3 Å². The summed E-state index contributed by atoms with van der Waals surface area (Å²) in [6.45, 7) is 7.69. The number of hydrogen-bond acceptors (Lipinski definition) is 6. The Bertz CT molecular complexity index is 1510. The highest BCUT2D eigenvalue weighted by molar-refractivity contribution is 5.69. The molecule has 190 valence electrons. The average molecular weight is 498 g/mol. The van der Waals surface area contributed by atoms with Gasteiger partial charge in [-0.2, -0.15) is 5.21 Å². The van der Waals surface area contributed by atoms with Crippen LogP contribution in [-0.2, 0) is 19.5 Å². The van der Waals surface area contributed by atoms with Crippen LogP contribution in [0.1, 0.15) is 44.9 Å². The normalized spacial score (nSPS) is 11.5. The van der Waals surface area contributed by atoms with Crippen molar-refractivity contribution in [2.75, 3.05) is 0 Å². The first-order valence-corrected chi connectivity index (χ1v) is 12.6. The lowest BCUT2D eigenvalue weighted by atomic mass is 10.00. The Kier molecular flexibility index (Phi) is 7.07. The molecule has 0 fully saturated rings. The summed E-state index contributed by atoms with van der Waals surface area (Å²) in [7, 11) is 0. The van der Waals surface area contributed by atoms with Gasteiger partial charge in [0.2, 0.25) is 11.8 Å². The van der Waals surface area contributed by atoms with E-state index in [-0.39, 0.29) is 5.69 Å². The van der Waals surface area contributed by atoms with Crippen molar-refractivity contribution >= 4 is 0 Å². The fraction of sp³-hybridized carbons (Fsp3) is 0.333. The Morgan fingerprint density at radius 3 is 2.59 bits per heavy atom. The molecule has 0 amide bonds. The fourth-order valence-electron chi connectivity index (χ4n) is 4.54. The Hall–Kier alpha value is -4.34. The maximum Gasteiger partial charge on any atom is 0.335 e. The van der Waals surface area contributed by atoms with Crippen LogP contribution in [0.5, 0.6) is 0 Å². The number of unbranched alkanes of at least 4 members (excludes halogenated alkanes) is 1. The Morgan fingerprint density at radius 2 is 1.86 bits per heavy atom. The van der Waals surface area contributed by atoms with Crippen molar-refractivity contribution in [3.8, 4) is 28.5 Å². The van der Waals surface area contributed by atoms with Crippen molar-refractivity contribution in [2.24, 2.45) is 5.92 Å². The maximum atomic E-state index is 13.7. The predicted molar refractivity (Wildman–Crippen MR) is 141 cm³/mol. The van der Waals surface area contributed by atoms with Crippen LogP contribution in [0.2, 0.25) is 0 Å². The molecule has 0 saturated heterocycles. The monoisotopic (exact) mass is 497 g/mol. The van der Waals surface area contributed by atoms with Gasteiger partial charge in [-0.1, -0.05) is 51.5 Å². The molecule has 0 spiro atoms. The SMILES string of the molecule is CCCCc1cn(-c2nccn2CC(C)C)c(=O)n1Cc1cnccc1-c1ccc(-c2nn[nH]n2)cc1. The number of aryl methyl sites for hydroxylation is 1. The summed E-state index contributed by atoms with van der Waals surface area (Å²) < 4.78 is 5.59. The number of aromatic amines is 1. The van der Waals surface area contributed by atoms with Crippen LogP contribution in [0.4, 0.5) is 0 Å². The lowest BCUT2D eigenvalue weighted by Gasteiger charge is -2.12. The number of imidazole rings is 2. The van der Waals surface area contributed by atoms with Crippen LogP contribution in [0.3, 0.4) is 0 Å². The van der Waals surface area contributed by atoms with Gasteiger partial charge in [0, 0.05) is 48.8 Å². The van der Waals surface area contributed by atoms with E-state index in [1.165, 1.54) is 0 Å². The molecule has 37 heavy (non-hydrogen) atoms. The fourth-order valence-corrected chi connectivity index (χ4v) is 4.54. The van der Waals surface area contributed by atoms with Gasteiger partial charge < -0.3 is 4.57 Å². The van der Waals surface area contributed by atoms with Gasteiger partial charge in [-0.3, -0.25) is 9.55 Å². The van der Waals surface area contributed by atoms with Crippen LogP contribution < -0.4 is 5.69 Å². The van der Waals surface area contributed by atoms with E-state index < -0.39 is 0 Å². The summed E-state index contributed by atoms with van der Waals surface area (Å²) in [4.78, 5) is 22.6. The van der Waals surface area contributed by atoms with E-state index in [1.54, 1.807) is 17.0 Å². The van der Waals surface area contributed by atoms with Gasteiger partial charge in [-0.25, -0.2) is 14.3 Å². The first-order valence-electron chi connectivity index (χ1n) is 12.6. The smallest absolute Gasteiger partial charge is 0.316 e. The highest BCUT2D eigenvalue weighted by atomic mass is 16.1. The van der Waals surface area contributed by atoms with E-state index in [4.69, 9.17) is 0 Å². The molecule has 0 saturated carbocycles. The lowest BCUT2D eigenvalue weighted by Crippen LogP contribution is -2.27. The molecule has 4 aromatic heterocycles. The molecule has 0 aliphatic heterocycles. The lowest BCUT2D eigenvalue weighted by molar-refractivity contribution is 0.513. The first-order chi connectivity index (χ1) is 18.0. The van der Waals surface area contributed by atoms with Crippen molar-refractivity contribution < 1.29 is 0 Å². The second-order valence-electron chi connectivity index (χ2n) is 9.58. The minimum absolute atomic E-state index is 0.0930. The van der Waals surface area contributed by atoms with Crippen molar-refractivity contribution in [1.29, 1.82) is 0 Å². The summed E-state index contributed by atoms with van der Waals surface area (Å²) in [5.41, 5.74) is 4.80. The van der Waals surface area contributed by atoms with Gasteiger partial charge in [0.25, 0.3) is 0 Å². The Labute approximate surface area is 215 Å². The second-order valence-corrected chi connectivity index (χ2v) is 9.58. The number of hydrogen-bond donors (Lipinski definition) is 1. The quantitative estimate of drug-likeness (QED) is 0.311. The molecule has 5 rings (SSSR count). The molecule has 5 aromatic rings. The van der Waals surface area contributed by atoms with Gasteiger partial charge in [0.05, 0.1) is 6.54 Å². The summed E-state index contributed by atoms with van der Waals surface area (Å²) in [6, 6.07) is 9.97. The van der Waals surface area contributed by atoms with E-state index in [2.05, 4.69) is 51.4 Å². The number of benzene rings is 1. The highest BCUT2D eigenvalue weighted by Gasteiger charge is 2.18. The molecular weight excluding hydrogens is 466 g/mol. The van der Waals surface area contributed by atoms with Crippen LogP contribution in [0.25, 0.3) is 28.5 Å². The van der Waals surface area contributed by atoms with Gasteiger partial charge >= 0.3 is 5.69 Å². The third-order valence-corrected chi connectivity index (χ3v) is 6.35. The van der Waals surface area contributed by atoms with Crippen LogP contribution >= 0.6 is 0 Å². The number of tetrazole rings is 1. The molecule has 0 atom stereocenters. The first kappa shape index (κ1) is 24.4. The topological polar surface area (TPSA) is 112 Å². The summed E-state index contributed by atoms with van der Waals surface area (Å²) in [5.74, 6) is 1.64. The number of rotatable bonds is 10. The molecule has 1 N–H and O–H groups in total. The maximum absolute atomic E-state index is 13.7. The van der Waals surface area contributed by atoms with Crippen LogP contribution in [0, 0.1) is 5.92 Å².